The fraction of sp³-hybridized carbons (Fsp3) is 0.357. The molecule has 3 rings (SSSR count). The molecule has 3 aromatic rings. The van der Waals surface area contributed by atoms with Gasteiger partial charge in [0.15, 0.2) is 24.8 Å². The average Bonchev–Trinajstić information content (AvgIpc) is 2.91. The summed E-state index contributed by atoms with van der Waals surface area (Å²) < 4.78 is 76.2. The van der Waals surface area contributed by atoms with E-state index in [4.69, 9.17) is 27.2 Å². The van der Waals surface area contributed by atoms with Crippen LogP contribution >= 0.6 is 0 Å². The third-order valence-corrected chi connectivity index (χ3v) is 7.68. The Bertz CT molecular complexity index is 1090. The molecule has 0 atom stereocenters. The van der Waals surface area contributed by atoms with E-state index in [1.807, 2.05) is 0 Å². The Morgan fingerprint density at radius 2 is 0.846 bits per heavy atom. The molecule has 0 amide bonds. The van der Waals surface area contributed by atoms with Gasteiger partial charge in [-0.25, -0.2) is 8.42 Å². The molecule has 39 heavy (non-hydrogen) atoms. The highest BCUT2D eigenvalue weighted by atomic mass is 32.2. The molecule has 0 bridgehead atoms. The quantitative estimate of drug-likeness (QED) is 0.127. The topological polar surface area (TPSA) is 84.9 Å². The second-order valence-corrected chi connectivity index (χ2v) is 11.6. The molecule has 0 radical (unpaired) electrons. The van der Waals surface area contributed by atoms with Gasteiger partial charge < -0.3 is 18.8 Å². The van der Waals surface area contributed by atoms with Crippen LogP contribution in [0.25, 0.3) is 0 Å². The van der Waals surface area contributed by atoms with Crippen LogP contribution in [0.3, 0.4) is 0 Å². The van der Waals surface area contributed by atoms with Crippen LogP contribution in [0.4, 0.5) is 13.2 Å². The van der Waals surface area contributed by atoms with E-state index in [0.717, 1.165) is 56.3 Å². The molecule has 0 aliphatic rings. The van der Waals surface area contributed by atoms with Crippen molar-refractivity contribution in [1.29, 1.82) is 0 Å². The standard InChI is InChI=1S/C27H33O3S.CHF3O3S/c1-4-19-28-22-7-13-25(14-8-22)31(26-15-9-23(10-16-26)29-20-5-2)27-17-11-24(12-18-27)30-21-6-3;2-1(3,4)8(5,6)7/h7-18H,4-6,19-21H2,1-3H3;(H,5,6,7)/q+1;/p-1. The molecule has 0 saturated carbocycles. The summed E-state index contributed by atoms with van der Waals surface area (Å²) in [5, 5.41) is 0. The zero-order valence-electron chi connectivity index (χ0n) is 22.1. The van der Waals surface area contributed by atoms with E-state index >= 15 is 0 Å². The average molecular weight is 587 g/mol. The van der Waals surface area contributed by atoms with Crippen LogP contribution in [-0.4, -0.2) is 38.3 Å². The number of hydrogen-bond acceptors (Lipinski definition) is 6. The van der Waals surface area contributed by atoms with E-state index in [9.17, 15) is 13.2 Å². The first kappa shape index (κ1) is 32.3. The molecule has 0 unspecified atom stereocenters. The maximum atomic E-state index is 10.7. The number of alkyl halides is 3. The van der Waals surface area contributed by atoms with Crippen molar-refractivity contribution >= 4 is 21.0 Å². The largest absolute Gasteiger partial charge is 0.741 e. The monoisotopic (exact) mass is 586 g/mol. The van der Waals surface area contributed by atoms with Crippen LogP contribution in [0.1, 0.15) is 40.0 Å². The lowest BCUT2D eigenvalue weighted by Crippen LogP contribution is -2.21. The van der Waals surface area contributed by atoms with Crippen molar-refractivity contribution in [3.05, 3.63) is 72.8 Å². The summed E-state index contributed by atoms with van der Waals surface area (Å²) in [6.07, 6.45) is 3.01. The molecule has 0 aromatic heterocycles. The number of halogens is 3. The van der Waals surface area contributed by atoms with E-state index in [-0.39, 0.29) is 10.9 Å². The van der Waals surface area contributed by atoms with Crippen LogP contribution in [0.2, 0.25) is 0 Å². The predicted octanol–water partition coefficient (Wildman–Crippen LogP) is 7.20. The molecule has 0 N–H and O–H groups in total. The van der Waals surface area contributed by atoms with Gasteiger partial charge in [0, 0.05) is 0 Å². The van der Waals surface area contributed by atoms with Gasteiger partial charge in [0.25, 0.3) is 0 Å². The highest BCUT2D eigenvalue weighted by Gasteiger charge is 2.37. The minimum absolute atomic E-state index is 0.223. The highest BCUT2D eigenvalue weighted by Crippen LogP contribution is 2.34. The molecule has 0 fully saturated rings. The SMILES string of the molecule is CCCOc1ccc([S+](c2ccc(OCCC)cc2)c2ccc(OCCC)cc2)cc1.O=S(=O)([O-])C(F)(F)F. The van der Waals surface area contributed by atoms with Gasteiger partial charge in [-0.3, -0.25) is 0 Å². The van der Waals surface area contributed by atoms with E-state index in [1.165, 1.54) is 14.7 Å². The van der Waals surface area contributed by atoms with Crippen molar-refractivity contribution in [3.8, 4) is 17.2 Å². The molecule has 6 nitrogen and oxygen atoms in total. The summed E-state index contributed by atoms with van der Waals surface area (Å²) in [7, 11) is -6.31. The predicted molar refractivity (Wildman–Crippen MR) is 145 cm³/mol. The fourth-order valence-corrected chi connectivity index (χ4v) is 5.13. The normalized spacial score (nSPS) is 11.5. The summed E-state index contributed by atoms with van der Waals surface area (Å²) in [4.78, 5) is 3.77. The van der Waals surface area contributed by atoms with Gasteiger partial charge in [0.2, 0.25) is 0 Å². The minimum atomic E-state index is -6.09. The molecule has 214 valence electrons. The molecule has 3 aromatic carbocycles. The number of rotatable bonds is 12. The Morgan fingerprint density at radius 3 is 1.03 bits per heavy atom. The third kappa shape index (κ3) is 10.7. The first-order valence-electron chi connectivity index (χ1n) is 12.4. The van der Waals surface area contributed by atoms with E-state index in [1.54, 1.807) is 0 Å². The number of ether oxygens (including phenoxy) is 3. The van der Waals surface area contributed by atoms with Crippen LogP contribution in [0.15, 0.2) is 87.5 Å². The Balaban J connectivity index is 0.000000580. The van der Waals surface area contributed by atoms with Gasteiger partial charge in [0.05, 0.1) is 30.7 Å². The third-order valence-electron chi connectivity index (χ3n) is 4.88. The fourth-order valence-electron chi connectivity index (χ4n) is 3.08. The summed E-state index contributed by atoms with van der Waals surface area (Å²) in [6, 6.07) is 25.5. The zero-order valence-corrected chi connectivity index (χ0v) is 23.7. The number of benzene rings is 3. The smallest absolute Gasteiger partial charge is 0.485 e. The summed E-state index contributed by atoms with van der Waals surface area (Å²) in [5.74, 6) is 2.75. The Morgan fingerprint density at radius 1 is 0.615 bits per heavy atom. The maximum Gasteiger partial charge on any atom is 0.485 e. The maximum absolute atomic E-state index is 10.7. The lowest BCUT2D eigenvalue weighted by molar-refractivity contribution is -0.0517. The zero-order chi connectivity index (χ0) is 28.9. The molecular formula is C28H33F3O6S2. The van der Waals surface area contributed by atoms with Gasteiger partial charge in [-0.15, -0.1) is 0 Å². The van der Waals surface area contributed by atoms with Crippen LogP contribution in [0, 0.1) is 0 Å². The van der Waals surface area contributed by atoms with Crippen LogP contribution in [0.5, 0.6) is 17.2 Å². The minimum Gasteiger partial charge on any atom is -0.741 e. The van der Waals surface area contributed by atoms with Crippen LogP contribution < -0.4 is 14.2 Å². The van der Waals surface area contributed by atoms with E-state index < -0.39 is 15.6 Å². The van der Waals surface area contributed by atoms with Gasteiger partial charge >= 0.3 is 5.51 Å². The number of hydrogen-bond donors (Lipinski definition) is 0. The van der Waals surface area contributed by atoms with Crippen molar-refractivity contribution in [3.63, 3.8) is 0 Å². The van der Waals surface area contributed by atoms with Gasteiger partial charge in [-0.2, -0.15) is 13.2 Å². The highest BCUT2D eigenvalue weighted by molar-refractivity contribution is 7.97. The van der Waals surface area contributed by atoms with E-state index in [2.05, 4.69) is 93.6 Å². The molecule has 0 aliphatic heterocycles. The lowest BCUT2D eigenvalue weighted by Gasteiger charge is -2.11. The summed E-state index contributed by atoms with van der Waals surface area (Å²) >= 11 is 0. The molecule has 0 saturated heterocycles. The van der Waals surface area contributed by atoms with Crippen molar-refractivity contribution in [2.24, 2.45) is 0 Å². The van der Waals surface area contributed by atoms with Crippen molar-refractivity contribution < 1.29 is 40.4 Å². The van der Waals surface area contributed by atoms with Crippen LogP contribution in [-0.2, 0) is 21.0 Å². The van der Waals surface area contributed by atoms with E-state index in [0.29, 0.717) is 0 Å². The van der Waals surface area contributed by atoms with Gasteiger partial charge in [-0.1, -0.05) is 20.8 Å². The Labute approximate surface area is 231 Å². The Hall–Kier alpha value is -2.89. The molecule has 11 heteroatoms. The second kappa shape index (κ2) is 15.6. The van der Waals surface area contributed by atoms with Gasteiger partial charge in [-0.05, 0) is 92.1 Å². The van der Waals surface area contributed by atoms with Gasteiger partial charge in [0.1, 0.15) is 17.2 Å². The molecular weight excluding hydrogens is 553 g/mol. The van der Waals surface area contributed by atoms with Crippen molar-refractivity contribution in [1.82, 2.24) is 0 Å². The van der Waals surface area contributed by atoms with Crippen molar-refractivity contribution in [2.75, 3.05) is 19.8 Å². The summed E-state index contributed by atoms with van der Waals surface area (Å²) in [5.41, 5.74) is -5.65. The Kier molecular flexibility index (Phi) is 13.0. The molecule has 0 spiro atoms. The molecule has 0 heterocycles. The van der Waals surface area contributed by atoms with Crippen molar-refractivity contribution in [2.45, 2.75) is 60.2 Å². The second-order valence-electron chi connectivity index (χ2n) is 8.17. The molecule has 0 aliphatic carbocycles. The lowest BCUT2D eigenvalue weighted by atomic mass is 10.3. The summed E-state index contributed by atoms with van der Waals surface area (Å²) in [6.45, 7) is 8.57. The first-order valence-corrected chi connectivity index (χ1v) is 15.1. The first-order chi connectivity index (χ1) is 18.5.